The average molecular weight is 280 g/mol. The minimum absolute atomic E-state index is 0.481. The van der Waals surface area contributed by atoms with Crippen LogP contribution in [0, 0.1) is 6.92 Å². The third-order valence-electron chi connectivity index (χ3n) is 1.87. The fraction of sp³-hybridized carbons (Fsp3) is 0.333. The van der Waals surface area contributed by atoms with Crippen LogP contribution >= 0.6 is 11.6 Å². The van der Waals surface area contributed by atoms with Gasteiger partial charge in [0.25, 0.3) is 0 Å². The van der Waals surface area contributed by atoms with Crippen molar-refractivity contribution in [3.63, 3.8) is 0 Å². The van der Waals surface area contributed by atoms with Crippen LogP contribution in [0.2, 0.25) is 5.02 Å². The zero-order valence-electron chi connectivity index (χ0n) is 6.27. The second kappa shape index (κ2) is 2.94. The second-order valence-corrected chi connectivity index (χ2v) is 6.40. The van der Waals surface area contributed by atoms with E-state index >= 15 is 0 Å². The van der Waals surface area contributed by atoms with Crippen LogP contribution < -0.4 is 21.2 Å². The molecule has 60 valence electrons. The van der Waals surface area contributed by atoms with Crippen LogP contribution in [0.3, 0.4) is 0 Å². The van der Waals surface area contributed by atoms with Gasteiger partial charge in [-0.2, -0.15) is 0 Å². The Morgan fingerprint density at radius 1 is 1.55 bits per heavy atom. The quantitative estimate of drug-likeness (QED) is 0.493. The SMILES string of the molecule is Cc1cccc(C2C[I-]2)c1Cl. The van der Waals surface area contributed by atoms with Gasteiger partial charge in [0.1, 0.15) is 0 Å². The van der Waals surface area contributed by atoms with E-state index < -0.39 is 0 Å². The van der Waals surface area contributed by atoms with Crippen LogP contribution in [0.5, 0.6) is 0 Å². The van der Waals surface area contributed by atoms with E-state index in [1.165, 1.54) is 15.6 Å². The summed E-state index contributed by atoms with van der Waals surface area (Å²) < 4.78 is 2.31. The summed E-state index contributed by atoms with van der Waals surface area (Å²) in [5.74, 6) is 0. The summed E-state index contributed by atoms with van der Waals surface area (Å²) >= 11 is 6.63. The van der Waals surface area contributed by atoms with E-state index in [4.69, 9.17) is 11.6 Å². The van der Waals surface area contributed by atoms with Gasteiger partial charge in [-0.05, 0) is 0 Å². The van der Waals surface area contributed by atoms with Gasteiger partial charge in [-0.15, -0.1) is 0 Å². The molecule has 0 aliphatic carbocycles. The van der Waals surface area contributed by atoms with E-state index in [9.17, 15) is 0 Å². The molecule has 0 radical (unpaired) electrons. The van der Waals surface area contributed by atoms with Crippen LogP contribution in [-0.4, -0.2) is 4.43 Å². The Bertz CT molecular complexity index is 279. The fourth-order valence-electron chi connectivity index (χ4n) is 1.12. The zero-order chi connectivity index (χ0) is 7.84. The molecule has 1 fully saturated rings. The molecule has 1 heterocycles. The summed E-state index contributed by atoms with van der Waals surface area (Å²) in [4.78, 5) is 0. The van der Waals surface area contributed by atoms with Crippen LogP contribution in [0.25, 0.3) is 0 Å². The molecule has 11 heavy (non-hydrogen) atoms. The van der Waals surface area contributed by atoms with Gasteiger partial charge in [-0.25, -0.2) is 0 Å². The number of alkyl halides is 2. The molecule has 0 spiro atoms. The van der Waals surface area contributed by atoms with Gasteiger partial charge >= 0.3 is 82.4 Å². The van der Waals surface area contributed by atoms with E-state index in [-0.39, 0.29) is 0 Å². The molecule has 2 rings (SSSR count). The summed E-state index contributed by atoms with van der Waals surface area (Å²) in [6.07, 6.45) is 0. The minimum atomic E-state index is 0.481. The number of halogens is 2. The second-order valence-electron chi connectivity index (χ2n) is 2.75. The molecule has 1 atom stereocenters. The summed E-state index contributed by atoms with van der Waals surface area (Å²) in [5.41, 5.74) is 2.62. The Morgan fingerprint density at radius 3 is 2.91 bits per heavy atom. The zero-order valence-corrected chi connectivity index (χ0v) is 9.19. The molecule has 0 nitrogen and oxygen atoms in total. The van der Waals surface area contributed by atoms with Gasteiger partial charge in [0.15, 0.2) is 0 Å². The van der Waals surface area contributed by atoms with Crippen molar-refractivity contribution >= 4 is 11.6 Å². The normalized spacial score (nSPS) is 22.5. The van der Waals surface area contributed by atoms with Crippen molar-refractivity contribution in [1.29, 1.82) is 0 Å². The monoisotopic (exact) mass is 279 g/mol. The predicted octanol–water partition coefficient (Wildman–Crippen LogP) is -0.208. The number of hydrogen-bond donors (Lipinski definition) is 0. The number of benzene rings is 1. The van der Waals surface area contributed by atoms with Gasteiger partial charge in [-0.3, -0.25) is 0 Å². The first-order valence-corrected chi connectivity index (χ1v) is 6.76. The average Bonchev–Trinajstić information content (AvgIpc) is 2.77. The summed E-state index contributed by atoms with van der Waals surface area (Å²) in [6.45, 7) is 2.08. The topological polar surface area (TPSA) is 0 Å². The molecule has 1 saturated heterocycles. The Hall–Kier alpha value is 0.240. The molecule has 2 heteroatoms. The van der Waals surface area contributed by atoms with Crippen molar-refractivity contribution in [2.45, 2.75) is 10.8 Å². The Labute approximate surface area is 82.2 Å². The van der Waals surface area contributed by atoms with Crippen LogP contribution in [0.4, 0.5) is 0 Å². The van der Waals surface area contributed by atoms with Gasteiger partial charge in [0.2, 0.25) is 0 Å². The molecule has 1 unspecified atom stereocenters. The van der Waals surface area contributed by atoms with Crippen molar-refractivity contribution in [2.75, 3.05) is 4.43 Å². The first kappa shape index (κ1) is 7.87. The number of aryl methyl sites for hydroxylation is 1. The molecule has 0 aromatic heterocycles. The molecule has 1 aliphatic heterocycles. The Morgan fingerprint density at radius 2 is 2.27 bits per heavy atom. The predicted molar refractivity (Wildman–Crippen MR) is 43.8 cm³/mol. The van der Waals surface area contributed by atoms with Gasteiger partial charge < -0.3 is 0 Å². The third kappa shape index (κ3) is 1.54. The van der Waals surface area contributed by atoms with E-state index in [1.807, 2.05) is 0 Å². The molecule has 1 aromatic carbocycles. The fourth-order valence-corrected chi connectivity index (χ4v) is 3.29. The number of hydrogen-bond acceptors (Lipinski definition) is 0. The van der Waals surface area contributed by atoms with Gasteiger partial charge in [0.05, 0.1) is 0 Å². The molecule has 0 saturated carbocycles. The third-order valence-corrected chi connectivity index (χ3v) is 4.82. The molecule has 0 N–H and O–H groups in total. The Balaban J connectivity index is 2.45. The van der Waals surface area contributed by atoms with Crippen molar-refractivity contribution in [1.82, 2.24) is 0 Å². The van der Waals surface area contributed by atoms with Crippen molar-refractivity contribution in [2.24, 2.45) is 0 Å². The van der Waals surface area contributed by atoms with Crippen molar-refractivity contribution in [3.05, 3.63) is 34.3 Å². The molecular formula is C9H9ClI-. The van der Waals surface area contributed by atoms with E-state index in [0.717, 1.165) is 8.95 Å². The van der Waals surface area contributed by atoms with E-state index in [0.29, 0.717) is 21.2 Å². The van der Waals surface area contributed by atoms with E-state index in [2.05, 4.69) is 25.1 Å². The van der Waals surface area contributed by atoms with Crippen LogP contribution in [0.15, 0.2) is 18.2 Å². The summed E-state index contributed by atoms with van der Waals surface area (Å²) in [7, 11) is 0. The number of rotatable bonds is 1. The first-order valence-electron chi connectivity index (χ1n) is 3.62. The Kier molecular flexibility index (Phi) is 2.10. The molecule has 1 aliphatic rings. The van der Waals surface area contributed by atoms with Crippen molar-refractivity contribution in [3.8, 4) is 0 Å². The summed E-state index contributed by atoms with van der Waals surface area (Å²) in [6, 6.07) is 6.36. The maximum atomic E-state index is 6.15. The van der Waals surface area contributed by atoms with Crippen molar-refractivity contribution < 1.29 is 21.2 Å². The van der Waals surface area contributed by atoms with Crippen LogP contribution in [-0.2, 0) is 0 Å². The molecular weight excluding hydrogens is 270 g/mol. The molecule has 0 bridgehead atoms. The van der Waals surface area contributed by atoms with Gasteiger partial charge in [-0.1, -0.05) is 0 Å². The van der Waals surface area contributed by atoms with Gasteiger partial charge in [0, 0.05) is 0 Å². The maximum absolute atomic E-state index is 6.15. The first-order chi connectivity index (χ1) is 5.29. The van der Waals surface area contributed by atoms with E-state index in [1.54, 1.807) is 0 Å². The standard InChI is InChI=1S/C9H9ClI/c1-6-3-2-4-7(9(6)10)8-5-11-8/h2-4,8H,5H2,1H3/q-1. The summed E-state index contributed by atoms with van der Waals surface area (Å²) in [5, 5.41) is 1.01. The molecule has 1 aromatic rings. The molecule has 0 amide bonds. The van der Waals surface area contributed by atoms with Crippen LogP contribution in [0.1, 0.15) is 15.1 Å².